The number of para-hydroxylation sites is 3. The molecule has 0 bridgehead atoms. The van der Waals surface area contributed by atoms with E-state index in [1.165, 1.54) is 16.3 Å². The molecule has 8 rings (SSSR count). The molecule has 7 aromatic rings. The number of nitrogens with zero attached hydrogens (tertiary/aromatic N) is 1. The molecule has 1 aromatic heterocycles. The molecule has 0 radical (unpaired) electrons. The normalized spacial score (nSPS) is 15.9. The number of rotatable bonds is 3. The smallest absolute Gasteiger partial charge is 0.178 e. The first-order chi connectivity index (χ1) is 19.7. The van der Waals surface area contributed by atoms with Crippen molar-refractivity contribution in [2.75, 3.05) is 0 Å². The topological polar surface area (TPSA) is 31.2 Å². The van der Waals surface area contributed by atoms with E-state index in [1.54, 1.807) is 0 Å². The maximum atomic E-state index is 14.9. The highest BCUT2D eigenvalue weighted by molar-refractivity contribution is 7.85. The van der Waals surface area contributed by atoms with Gasteiger partial charge in [0.15, 0.2) is 7.14 Å². The summed E-state index contributed by atoms with van der Waals surface area (Å²) in [6, 6.07) is 49.2. The summed E-state index contributed by atoms with van der Waals surface area (Å²) in [6.07, 6.45) is 0. The fraction of sp³-hybridized carbons (Fsp3) is 0. The summed E-state index contributed by atoms with van der Waals surface area (Å²) >= 11 is 0. The van der Waals surface area contributed by atoms with E-state index >= 15 is 0 Å². The lowest BCUT2D eigenvalue weighted by Gasteiger charge is -2.29. The first-order valence-electron chi connectivity index (χ1n) is 13.4. The van der Waals surface area contributed by atoms with Gasteiger partial charge in [-0.25, -0.2) is 0 Å². The minimum atomic E-state index is -3.09. The fourth-order valence-corrected chi connectivity index (χ4v) is 8.85. The maximum absolute atomic E-state index is 14.9. The van der Waals surface area contributed by atoms with Crippen LogP contribution in [0, 0.1) is 0 Å². The van der Waals surface area contributed by atoms with Crippen molar-refractivity contribution in [1.29, 1.82) is 0 Å². The van der Waals surface area contributed by atoms with E-state index in [1.807, 2.05) is 72.8 Å². The molecule has 1 atom stereocenters. The molecule has 3 nitrogen and oxygen atoms in total. The van der Waals surface area contributed by atoms with Gasteiger partial charge < -0.3 is 13.9 Å². The van der Waals surface area contributed by atoms with Gasteiger partial charge in [-0.3, -0.25) is 0 Å². The monoisotopic (exact) mass is 533 g/mol. The van der Waals surface area contributed by atoms with Crippen LogP contribution in [0.2, 0.25) is 0 Å². The lowest BCUT2D eigenvalue weighted by Crippen LogP contribution is -2.30. The highest BCUT2D eigenvalue weighted by Crippen LogP contribution is 2.52. The van der Waals surface area contributed by atoms with Crippen molar-refractivity contribution in [2.45, 2.75) is 0 Å². The van der Waals surface area contributed by atoms with Crippen molar-refractivity contribution < 1.29 is 9.30 Å². The van der Waals surface area contributed by atoms with E-state index in [2.05, 4.69) is 77.4 Å². The van der Waals surface area contributed by atoms with Gasteiger partial charge >= 0.3 is 0 Å². The Morgan fingerprint density at radius 1 is 0.500 bits per heavy atom. The van der Waals surface area contributed by atoms with E-state index in [0.717, 1.165) is 38.2 Å². The third-order valence-corrected chi connectivity index (χ3v) is 11.0. The molecule has 4 heteroatoms. The lowest BCUT2D eigenvalue weighted by molar-refractivity contribution is 0.485. The van der Waals surface area contributed by atoms with Crippen LogP contribution in [0.4, 0.5) is 0 Å². The molecule has 2 heterocycles. The van der Waals surface area contributed by atoms with Crippen LogP contribution in [-0.4, -0.2) is 4.57 Å². The van der Waals surface area contributed by atoms with Gasteiger partial charge in [0.05, 0.1) is 21.6 Å². The average molecular weight is 534 g/mol. The molecule has 0 fully saturated rings. The second kappa shape index (κ2) is 8.84. The van der Waals surface area contributed by atoms with Crippen LogP contribution in [0.25, 0.3) is 38.6 Å². The van der Waals surface area contributed by atoms with E-state index in [-0.39, 0.29) is 0 Å². The second-order valence-corrected chi connectivity index (χ2v) is 12.8. The van der Waals surface area contributed by atoms with Gasteiger partial charge in [0.2, 0.25) is 0 Å². The Balaban J connectivity index is 1.31. The first kappa shape index (κ1) is 23.1. The van der Waals surface area contributed by atoms with Gasteiger partial charge in [0.1, 0.15) is 11.5 Å². The van der Waals surface area contributed by atoms with Crippen molar-refractivity contribution >= 4 is 44.9 Å². The molecular weight excluding hydrogens is 509 g/mol. The highest BCUT2D eigenvalue weighted by Gasteiger charge is 2.39. The summed E-state index contributed by atoms with van der Waals surface area (Å²) in [6.45, 7) is 0. The van der Waals surface area contributed by atoms with E-state index < -0.39 is 7.14 Å². The summed E-state index contributed by atoms with van der Waals surface area (Å²) in [4.78, 5) is 0. The largest absolute Gasteiger partial charge is 0.456 e. The Morgan fingerprint density at radius 2 is 1.12 bits per heavy atom. The standard InChI is InChI=1S/C36H24NO2P/c38-40(28-13-5-2-6-14-28)35-18-10-9-17-33(35)39-34-24-26(20-22-36(34)40)25-19-21-32-30(23-25)29-15-7-8-16-31(29)37(32)27-11-3-1-4-12-27/h1-24H. The molecule has 40 heavy (non-hydrogen) atoms. The van der Waals surface area contributed by atoms with Crippen molar-refractivity contribution in [2.24, 2.45) is 0 Å². The van der Waals surface area contributed by atoms with Gasteiger partial charge in [-0.2, -0.15) is 0 Å². The van der Waals surface area contributed by atoms with Crippen molar-refractivity contribution in [3.63, 3.8) is 0 Å². The van der Waals surface area contributed by atoms with E-state index in [0.29, 0.717) is 11.5 Å². The van der Waals surface area contributed by atoms with E-state index in [9.17, 15) is 4.57 Å². The molecule has 0 saturated carbocycles. The zero-order valence-corrected chi connectivity index (χ0v) is 22.5. The number of hydrogen-bond donors (Lipinski definition) is 0. The SMILES string of the molecule is O=P1(c2ccccc2)c2ccccc2Oc2cc(-c3ccc4c(c3)c3ccccc3n4-c3ccccc3)ccc21. The van der Waals surface area contributed by atoms with Gasteiger partial charge in [-0.05, 0) is 65.7 Å². The van der Waals surface area contributed by atoms with E-state index in [4.69, 9.17) is 4.74 Å². The first-order valence-corrected chi connectivity index (χ1v) is 15.1. The Bertz CT molecular complexity index is 2110. The van der Waals surface area contributed by atoms with Gasteiger partial charge in [-0.1, -0.05) is 91.0 Å². The quantitative estimate of drug-likeness (QED) is 0.214. The molecule has 1 unspecified atom stereocenters. The maximum Gasteiger partial charge on any atom is 0.178 e. The van der Waals surface area contributed by atoms with Gasteiger partial charge in [0, 0.05) is 21.8 Å². The average Bonchev–Trinajstić information content (AvgIpc) is 3.35. The van der Waals surface area contributed by atoms with Crippen LogP contribution in [-0.2, 0) is 4.57 Å². The predicted molar refractivity (Wildman–Crippen MR) is 166 cm³/mol. The third-order valence-electron chi connectivity index (χ3n) is 7.86. The van der Waals surface area contributed by atoms with Crippen LogP contribution < -0.4 is 20.7 Å². The van der Waals surface area contributed by atoms with Gasteiger partial charge in [0.25, 0.3) is 0 Å². The second-order valence-electron chi connectivity index (χ2n) is 10.1. The van der Waals surface area contributed by atoms with Gasteiger partial charge in [-0.15, -0.1) is 0 Å². The molecule has 0 aliphatic carbocycles. The number of benzene rings is 6. The molecule has 0 amide bonds. The fourth-order valence-electron chi connectivity index (χ4n) is 6.01. The van der Waals surface area contributed by atoms with Crippen molar-refractivity contribution in [3.8, 4) is 28.3 Å². The molecular formula is C36H24NO2P. The molecule has 1 aliphatic rings. The summed E-state index contributed by atoms with van der Waals surface area (Å²) in [5, 5.41) is 4.70. The molecule has 6 aromatic carbocycles. The minimum Gasteiger partial charge on any atom is -0.456 e. The zero-order valence-electron chi connectivity index (χ0n) is 21.6. The molecule has 0 saturated heterocycles. The number of hydrogen-bond acceptors (Lipinski definition) is 2. The van der Waals surface area contributed by atoms with Crippen molar-refractivity contribution in [3.05, 3.63) is 146 Å². The molecule has 1 aliphatic heterocycles. The number of aromatic nitrogens is 1. The van der Waals surface area contributed by atoms with Crippen LogP contribution in [0.1, 0.15) is 0 Å². The molecule has 0 N–H and O–H groups in total. The summed E-state index contributed by atoms with van der Waals surface area (Å²) in [7, 11) is -3.09. The summed E-state index contributed by atoms with van der Waals surface area (Å²) < 4.78 is 23.6. The highest BCUT2D eigenvalue weighted by atomic mass is 31.2. The predicted octanol–water partition coefficient (Wildman–Crippen LogP) is 8.20. The number of fused-ring (bicyclic) bond motifs is 5. The third kappa shape index (κ3) is 3.35. The lowest BCUT2D eigenvalue weighted by atomic mass is 10.0. The molecule has 0 spiro atoms. The Labute approximate surface area is 232 Å². The summed E-state index contributed by atoms with van der Waals surface area (Å²) in [5.41, 5.74) is 5.58. The van der Waals surface area contributed by atoms with Crippen molar-refractivity contribution in [1.82, 2.24) is 4.57 Å². The Kier molecular flexibility index (Phi) is 5.10. The van der Waals surface area contributed by atoms with Crippen LogP contribution in [0.15, 0.2) is 146 Å². The number of ether oxygens (including phenoxy) is 1. The zero-order chi connectivity index (χ0) is 26.7. The Morgan fingerprint density at radius 3 is 1.98 bits per heavy atom. The molecule has 190 valence electrons. The Hall–Kier alpha value is -4.85. The van der Waals surface area contributed by atoms with Crippen LogP contribution in [0.5, 0.6) is 11.5 Å². The van der Waals surface area contributed by atoms with Crippen LogP contribution >= 0.6 is 7.14 Å². The minimum absolute atomic E-state index is 0.648. The van der Waals surface area contributed by atoms with Crippen LogP contribution in [0.3, 0.4) is 0 Å². The summed E-state index contributed by atoms with van der Waals surface area (Å²) in [5.74, 6) is 1.30.